The lowest BCUT2D eigenvalue weighted by Crippen LogP contribution is -2.30. The van der Waals surface area contributed by atoms with Gasteiger partial charge in [-0.1, -0.05) is 19.8 Å². The van der Waals surface area contributed by atoms with Gasteiger partial charge in [-0.25, -0.2) is 4.98 Å². The van der Waals surface area contributed by atoms with Crippen LogP contribution in [0.5, 0.6) is 5.88 Å². The number of nitrogen functional groups attached to an aromatic ring is 1. The van der Waals surface area contributed by atoms with Crippen molar-refractivity contribution < 1.29 is 4.74 Å². The summed E-state index contributed by atoms with van der Waals surface area (Å²) in [7, 11) is 2.05. The number of aromatic nitrogens is 2. The summed E-state index contributed by atoms with van der Waals surface area (Å²) < 4.78 is 5.54. The molecule has 1 fully saturated rings. The van der Waals surface area contributed by atoms with Crippen LogP contribution < -0.4 is 15.4 Å². The summed E-state index contributed by atoms with van der Waals surface area (Å²) in [6.45, 7) is 2.69. The fourth-order valence-corrected chi connectivity index (χ4v) is 2.43. The molecule has 0 radical (unpaired) electrons. The predicted octanol–water partition coefficient (Wildman–Crippen LogP) is 2.23. The molecule has 100 valence electrons. The van der Waals surface area contributed by atoms with Gasteiger partial charge in [-0.3, -0.25) is 0 Å². The second-order valence-electron chi connectivity index (χ2n) is 4.81. The van der Waals surface area contributed by atoms with Crippen molar-refractivity contribution in [3.63, 3.8) is 0 Å². The van der Waals surface area contributed by atoms with Crippen molar-refractivity contribution in [1.82, 2.24) is 9.97 Å². The maximum absolute atomic E-state index is 6.10. The maximum Gasteiger partial charge on any atom is 0.242 e. The first-order chi connectivity index (χ1) is 8.74. The number of nitrogens with zero attached hydrogens (tertiary/aromatic N) is 3. The van der Waals surface area contributed by atoms with Crippen molar-refractivity contribution in [2.75, 3.05) is 24.3 Å². The second kappa shape index (κ2) is 5.89. The summed E-state index contributed by atoms with van der Waals surface area (Å²) in [6.07, 6.45) is 7.48. The average molecular weight is 250 g/mol. The van der Waals surface area contributed by atoms with E-state index >= 15 is 0 Å². The van der Waals surface area contributed by atoms with Crippen LogP contribution in [-0.2, 0) is 0 Å². The zero-order valence-corrected chi connectivity index (χ0v) is 11.2. The monoisotopic (exact) mass is 250 g/mol. The Labute approximate surface area is 108 Å². The second-order valence-corrected chi connectivity index (χ2v) is 4.81. The molecule has 1 aromatic rings. The minimum Gasteiger partial charge on any atom is -0.476 e. The van der Waals surface area contributed by atoms with Crippen LogP contribution in [-0.4, -0.2) is 29.7 Å². The first-order valence-electron chi connectivity index (χ1n) is 6.70. The molecule has 0 spiro atoms. The third-order valence-electron chi connectivity index (χ3n) is 3.48. The Morgan fingerprint density at radius 1 is 1.39 bits per heavy atom. The van der Waals surface area contributed by atoms with Crippen LogP contribution in [0, 0.1) is 0 Å². The number of ether oxygens (including phenoxy) is 1. The summed E-state index contributed by atoms with van der Waals surface area (Å²) in [5.74, 6) is 1.30. The van der Waals surface area contributed by atoms with Gasteiger partial charge >= 0.3 is 0 Å². The van der Waals surface area contributed by atoms with Gasteiger partial charge in [0.05, 0.1) is 6.61 Å². The third-order valence-corrected chi connectivity index (χ3v) is 3.48. The molecule has 18 heavy (non-hydrogen) atoms. The van der Waals surface area contributed by atoms with Gasteiger partial charge in [0.25, 0.3) is 0 Å². The van der Waals surface area contributed by atoms with Crippen LogP contribution in [0.2, 0.25) is 0 Å². The molecule has 5 heteroatoms. The van der Waals surface area contributed by atoms with E-state index < -0.39 is 0 Å². The quantitative estimate of drug-likeness (QED) is 0.868. The third kappa shape index (κ3) is 2.66. The smallest absolute Gasteiger partial charge is 0.242 e. The molecule has 0 aromatic carbocycles. The largest absolute Gasteiger partial charge is 0.476 e. The van der Waals surface area contributed by atoms with Crippen LogP contribution in [0.25, 0.3) is 0 Å². The normalized spacial score (nSPS) is 15.9. The predicted molar refractivity (Wildman–Crippen MR) is 72.9 cm³/mol. The summed E-state index contributed by atoms with van der Waals surface area (Å²) in [4.78, 5) is 10.6. The summed E-state index contributed by atoms with van der Waals surface area (Å²) in [5, 5.41) is 0. The molecule has 1 aromatic heterocycles. The molecular formula is C13H22N4O. The lowest BCUT2D eigenvalue weighted by molar-refractivity contribution is 0.306. The van der Waals surface area contributed by atoms with Crippen LogP contribution in [0.3, 0.4) is 0 Å². The van der Waals surface area contributed by atoms with Crippen LogP contribution in [0.4, 0.5) is 11.5 Å². The summed E-state index contributed by atoms with van der Waals surface area (Å²) in [6, 6.07) is 0.543. The maximum atomic E-state index is 6.10. The highest BCUT2D eigenvalue weighted by Gasteiger charge is 2.23. The number of nitrogens with two attached hydrogens (primary N) is 1. The Balaban J connectivity index is 2.16. The first kappa shape index (κ1) is 12.9. The molecule has 2 rings (SSSR count). The van der Waals surface area contributed by atoms with Crippen molar-refractivity contribution in [1.29, 1.82) is 0 Å². The van der Waals surface area contributed by atoms with Crippen LogP contribution >= 0.6 is 0 Å². The highest BCUT2D eigenvalue weighted by molar-refractivity contribution is 5.67. The van der Waals surface area contributed by atoms with Gasteiger partial charge in [-0.2, -0.15) is 4.98 Å². The van der Waals surface area contributed by atoms with Gasteiger partial charge < -0.3 is 15.4 Å². The standard InChI is InChI=1S/C13H22N4O/c1-3-8-18-13-11(14)12(15-9-16-13)17(2)10-6-4-5-7-10/h9-10H,3-8,14H2,1-2H3. The Hall–Kier alpha value is -1.52. The molecule has 2 N–H and O–H groups in total. The van der Waals surface area contributed by atoms with Gasteiger partial charge in [0.1, 0.15) is 12.0 Å². The van der Waals surface area contributed by atoms with Gasteiger partial charge in [0.15, 0.2) is 5.82 Å². The summed E-state index contributed by atoms with van der Waals surface area (Å²) >= 11 is 0. The lowest BCUT2D eigenvalue weighted by Gasteiger charge is -2.26. The zero-order valence-electron chi connectivity index (χ0n) is 11.2. The summed E-state index contributed by atoms with van der Waals surface area (Å²) in [5.41, 5.74) is 6.66. The van der Waals surface area contributed by atoms with Gasteiger partial charge in [-0.05, 0) is 19.3 Å². The molecule has 1 aliphatic rings. The van der Waals surface area contributed by atoms with Crippen molar-refractivity contribution in [3.05, 3.63) is 6.33 Å². The minimum atomic E-state index is 0.506. The molecule has 0 bridgehead atoms. The van der Waals surface area contributed by atoms with Crippen molar-refractivity contribution in [2.45, 2.75) is 45.1 Å². The topological polar surface area (TPSA) is 64.3 Å². The van der Waals surface area contributed by atoms with Crippen molar-refractivity contribution >= 4 is 11.5 Å². The van der Waals surface area contributed by atoms with Gasteiger partial charge in [-0.15, -0.1) is 0 Å². The molecular weight excluding hydrogens is 228 g/mol. The fourth-order valence-electron chi connectivity index (χ4n) is 2.43. The number of hydrogen-bond acceptors (Lipinski definition) is 5. The molecule has 5 nitrogen and oxygen atoms in total. The van der Waals surface area contributed by atoms with E-state index in [1.165, 1.54) is 32.0 Å². The van der Waals surface area contributed by atoms with Crippen LogP contribution in [0.1, 0.15) is 39.0 Å². The van der Waals surface area contributed by atoms with Gasteiger partial charge in [0, 0.05) is 13.1 Å². The van der Waals surface area contributed by atoms with Crippen LogP contribution in [0.15, 0.2) is 6.33 Å². The van der Waals surface area contributed by atoms with Crippen molar-refractivity contribution in [3.8, 4) is 5.88 Å². The Morgan fingerprint density at radius 2 is 2.11 bits per heavy atom. The highest BCUT2D eigenvalue weighted by atomic mass is 16.5. The molecule has 1 aliphatic carbocycles. The Bertz CT molecular complexity index is 391. The number of rotatable bonds is 5. The number of hydrogen-bond donors (Lipinski definition) is 1. The van der Waals surface area contributed by atoms with E-state index in [0.717, 1.165) is 12.2 Å². The SMILES string of the molecule is CCCOc1ncnc(N(C)C2CCCC2)c1N. The highest BCUT2D eigenvalue weighted by Crippen LogP contribution is 2.32. The van der Waals surface area contributed by atoms with E-state index in [0.29, 0.717) is 24.2 Å². The first-order valence-corrected chi connectivity index (χ1v) is 6.70. The fraction of sp³-hybridized carbons (Fsp3) is 0.692. The van der Waals surface area contributed by atoms with E-state index in [4.69, 9.17) is 10.5 Å². The molecule has 1 heterocycles. The average Bonchev–Trinajstić information content (AvgIpc) is 2.91. The lowest BCUT2D eigenvalue weighted by atomic mass is 10.2. The van der Waals surface area contributed by atoms with E-state index in [9.17, 15) is 0 Å². The Morgan fingerprint density at radius 3 is 2.78 bits per heavy atom. The zero-order chi connectivity index (χ0) is 13.0. The van der Waals surface area contributed by atoms with E-state index in [-0.39, 0.29) is 0 Å². The van der Waals surface area contributed by atoms with Gasteiger partial charge in [0.2, 0.25) is 5.88 Å². The van der Waals surface area contributed by atoms with E-state index in [1.807, 2.05) is 0 Å². The van der Waals surface area contributed by atoms with Crippen molar-refractivity contribution in [2.24, 2.45) is 0 Å². The molecule has 0 unspecified atom stereocenters. The molecule has 1 saturated carbocycles. The van der Waals surface area contributed by atoms with E-state index in [1.54, 1.807) is 0 Å². The Kier molecular flexibility index (Phi) is 4.23. The molecule has 0 saturated heterocycles. The molecule has 0 amide bonds. The molecule has 0 atom stereocenters. The minimum absolute atomic E-state index is 0.506. The number of anilines is 2. The molecule has 0 aliphatic heterocycles. The van der Waals surface area contributed by atoms with E-state index in [2.05, 4.69) is 28.8 Å².